The molecule has 2 aromatic heterocycles. The van der Waals surface area contributed by atoms with Gasteiger partial charge in [0.15, 0.2) is 5.82 Å². The van der Waals surface area contributed by atoms with E-state index < -0.39 is 0 Å². The second kappa shape index (κ2) is 6.84. The highest BCUT2D eigenvalue weighted by molar-refractivity contribution is 7.14. The fourth-order valence-electron chi connectivity index (χ4n) is 2.13. The fraction of sp³-hybridized carbons (Fsp3) is 0.385. The predicted molar refractivity (Wildman–Crippen MR) is 86.1 cm³/mol. The third-order valence-corrected chi connectivity index (χ3v) is 4.70. The summed E-state index contributed by atoms with van der Waals surface area (Å²) < 4.78 is 4.20. The van der Waals surface area contributed by atoms with Gasteiger partial charge in [0.25, 0.3) is 0 Å². The molecule has 3 heterocycles. The first kappa shape index (κ1) is 14.9. The van der Waals surface area contributed by atoms with Gasteiger partial charge in [0.1, 0.15) is 0 Å². The van der Waals surface area contributed by atoms with Crippen LogP contribution in [0.4, 0.5) is 9.93 Å². The molecular formula is C13H15N5O2S2. The Balaban J connectivity index is 1.48. The molecule has 22 heavy (non-hydrogen) atoms. The summed E-state index contributed by atoms with van der Waals surface area (Å²) in [5.41, 5.74) is 0. The molecule has 0 aromatic carbocycles. The van der Waals surface area contributed by atoms with Crippen LogP contribution < -0.4 is 10.6 Å². The van der Waals surface area contributed by atoms with Gasteiger partial charge in [-0.1, -0.05) is 6.07 Å². The lowest BCUT2D eigenvalue weighted by atomic mass is 10.4. The van der Waals surface area contributed by atoms with Crippen LogP contribution in [0, 0.1) is 0 Å². The van der Waals surface area contributed by atoms with E-state index >= 15 is 0 Å². The fourth-order valence-corrected chi connectivity index (χ4v) is 3.45. The third kappa shape index (κ3) is 3.60. The topological polar surface area (TPSA) is 87.2 Å². The standard InChI is InChI=1S/C13H15N5O2S2/c19-10(8-14-13(20)18-5-1-2-6-18)15-12-16-11(17-22-12)9-4-3-7-21-9/h3-4,7H,1-2,5-6,8H2,(H,14,20)(H,15,16,17,19). The summed E-state index contributed by atoms with van der Waals surface area (Å²) in [7, 11) is 0. The van der Waals surface area contributed by atoms with E-state index in [2.05, 4.69) is 20.0 Å². The van der Waals surface area contributed by atoms with Crippen molar-refractivity contribution in [2.75, 3.05) is 25.0 Å². The highest BCUT2D eigenvalue weighted by Gasteiger charge is 2.18. The number of anilines is 1. The molecule has 1 aliphatic heterocycles. The largest absolute Gasteiger partial charge is 0.329 e. The number of carbonyl (C=O) groups excluding carboxylic acids is 2. The van der Waals surface area contributed by atoms with E-state index in [4.69, 9.17) is 0 Å². The molecule has 2 aromatic rings. The maximum Gasteiger partial charge on any atom is 0.317 e. The normalized spacial score (nSPS) is 14.1. The Morgan fingerprint density at radius 2 is 2.14 bits per heavy atom. The van der Waals surface area contributed by atoms with Gasteiger partial charge in [0.2, 0.25) is 11.0 Å². The first-order valence-corrected chi connectivity index (χ1v) is 8.58. The summed E-state index contributed by atoms with van der Waals surface area (Å²) in [6.45, 7) is 1.45. The van der Waals surface area contributed by atoms with Crippen molar-refractivity contribution in [1.29, 1.82) is 0 Å². The van der Waals surface area contributed by atoms with E-state index in [-0.39, 0.29) is 18.5 Å². The Hall–Kier alpha value is -2.00. The summed E-state index contributed by atoms with van der Waals surface area (Å²) in [5.74, 6) is 0.304. The molecule has 0 saturated carbocycles. The van der Waals surface area contributed by atoms with E-state index in [1.165, 1.54) is 0 Å². The maximum atomic E-state index is 11.8. The van der Waals surface area contributed by atoms with Crippen molar-refractivity contribution in [2.24, 2.45) is 0 Å². The van der Waals surface area contributed by atoms with Crippen molar-refractivity contribution < 1.29 is 9.59 Å². The minimum atomic E-state index is -0.304. The van der Waals surface area contributed by atoms with Gasteiger partial charge in [-0.2, -0.15) is 9.36 Å². The molecule has 1 saturated heterocycles. The van der Waals surface area contributed by atoms with Crippen molar-refractivity contribution in [2.45, 2.75) is 12.8 Å². The quantitative estimate of drug-likeness (QED) is 0.893. The first-order chi connectivity index (χ1) is 10.7. The van der Waals surface area contributed by atoms with Crippen LogP contribution in [0.5, 0.6) is 0 Å². The molecule has 116 valence electrons. The van der Waals surface area contributed by atoms with Crippen molar-refractivity contribution in [3.05, 3.63) is 17.5 Å². The Morgan fingerprint density at radius 1 is 1.32 bits per heavy atom. The van der Waals surface area contributed by atoms with Crippen LogP contribution in [0.1, 0.15) is 12.8 Å². The van der Waals surface area contributed by atoms with Crippen molar-refractivity contribution >= 4 is 39.9 Å². The summed E-state index contributed by atoms with van der Waals surface area (Å²) in [5, 5.41) is 7.64. The number of carbonyl (C=O) groups is 2. The smallest absolute Gasteiger partial charge is 0.317 e. The number of likely N-dealkylation sites (tertiary alicyclic amines) is 1. The van der Waals surface area contributed by atoms with Gasteiger partial charge >= 0.3 is 6.03 Å². The molecule has 3 amide bonds. The van der Waals surface area contributed by atoms with E-state index in [1.807, 2.05) is 17.5 Å². The molecule has 0 spiro atoms. The molecule has 1 aliphatic rings. The number of hydrogen-bond acceptors (Lipinski definition) is 6. The van der Waals surface area contributed by atoms with Crippen LogP contribution >= 0.6 is 22.9 Å². The first-order valence-electron chi connectivity index (χ1n) is 6.92. The molecule has 0 atom stereocenters. The number of urea groups is 1. The molecular weight excluding hydrogens is 322 g/mol. The van der Waals surface area contributed by atoms with Crippen LogP contribution in [0.3, 0.4) is 0 Å². The van der Waals surface area contributed by atoms with Gasteiger partial charge < -0.3 is 10.2 Å². The molecule has 3 rings (SSSR count). The molecule has 7 nitrogen and oxygen atoms in total. The molecule has 0 unspecified atom stereocenters. The number of thiophene rings is 1. The zero-order valence-electron chi connectivity index (χ0n) is 11.7. The van der Waals surface area contributed by atoms with Gasteiger partial charge in [-0.3, -0.25) is 10.1 Å². The van der Waals surface area contributed by atoms with Crippen LogP contribution in [0.25, 0.3) is 10.7 Å². The molecule has 1 fully saturated rings. The monoisotopic (exact) mass is 337 g/mol. The highest BCUT2D eigenvalue weighted by atomic mass is 32.1. The van der Waals surface area contributed by atoms with Crippen LogP contribution in [0.15, 0.2) is 17.5 Å². The molecule has 9 heteroatoms. The van der Waals surface area contributed by atoms with E-state index in [1.54, 1.807) is 16.2 Å². The lowest BCUT2D eigenvalue weighted by Gasteiger charge is -2.15. The van der Waals surface area contributed by atoms with Gasteiger partial charge in [0, 0.05) is 24.6 Å². The number of nitrogens with zero attached hydrogens (tertiary/aromatic N) is 3. The van der Waals surface area contributed by atoms with Gasteiger partial charge in [-0.15, -0.1) is 11.3 Å². The lowest BCUT2D eigenvalue weighted by molar-refractivity contribution is -0.115. The minimum Gasteiger partial charge on any atom is -0.329 e. The van der Waals surface area contributed by atoms with Crippen LogP contribution in [0.2, 0.25) is 0 Å². The van der Waals surface area contributed by atoms with Gasteiger partial charge in [-0.25, -0.2) is 4.79 Å². The SMILES string of the molecule is O=C(CNC(=O)N1CCCC1)Nc1nc(-c2cccs2)ns1. The number of nitrogens with one attached hydrogen (secondary N) is 2. The van der Waals surface area contributed by atoms with Crippen LogP contribution in [-0.2, 0) is 4.79 Å². The number of aromatic nitrogens is 2. The summed E-state index contributed by atoms with van der Waals surface area (Å²) in [4.78, 5) is 30.5. The average molecular weight is 337 g/mol. The summed E-state index contributed by atoms with van der Waals surface area (Å²) in [6.07, 6.45) is 2.05. The average Bonchev–Trinajstić information content (AvgIpc) is 3.23. The summed E-state index contributed by atoms with van der Waals surface area (Å²) in [6, 6.07) is 3.66. The Kier molecular flexibility index (Phi) is 4.64. The van der Waals surface area contributed by atoms with Crippen LogP contribution in [-0.4, -0.2) is 45.8 Å². The number of hydrogen-bond donors (Lipinski definition) is 2. The molecule has 0 bridgehead atoms. The zero-order valence-corrected chi connectivity index (χ0v) is 13.4. The summed E-state index contributed by atoms with van der Waals surface area (Å²) >= 11 is 2.67. The van der Waals surface area contributed by atoms with E-state index in [0.29, 0.717) is 11.0 Å². The maximum absolute atomic E-state index is 11.8. The molecule has 0 radical (unpaired) electrons. The Morgan fingerprint density at radius 3 is 2.86 bits per heavy atom. The number of rotatable bonds is 4. The molecule has 2 N–H and O–H groups in total. The van der Waals surface area contributed by atoms with Crippen molar-refractivity contribution in [3.8, 4) is 10.7 Å². The third-order valence-electron chi connectivity index (χ3n) is 3.21. The number of amides is 3. The highest BCUT2D eigenvalue weighted by Crippen LogP contribution is 2.24. The Labute approximate surface area is 135 Å². The van der Waals surface area contributed by atoms with E-state index in [0.717, 1.165) is 42.3 Å². The van der Waals surface area contributed by atoms with Crippen molar-refractivity contribution in [3.63, 3.8) is 0 Å². The molecule has 0 aliphatic carbocycles. The lowest BCUT2D eigenvalue weighted by Crippen LogP contribution is -2.41. The van der Waals surface area contributed by atoms with Gasteiger partial charge in [-0.05, 0) is 24.3 Å². The minimum absolute atomic E-state index is 0.0662. The predicted octanol–water partition coefficient (Wildman–Crippen LogP) is 2.01. The van der Waals surface area contributed by atoms with E-state index in [9.17, 15) is 9.59 Å². The second-order valence-corrected chi connectivity index (χ2v) is 6.50. The Bertz CT molecular complexity index is 649. The second-order valence-electron chi connectivity index (χ2n) is 4.80. The van der Waals surface area contributed by atoms with Crippen molar-refractivity contribution in [1.82, 2.24) is 19.6 Å². The zero-order chi connectivity index (χ0) is 15.4. The van der Waals surface area contributed by atoms with Gasteiger partial charge in [0.05, 0.1) is 11.4 Å².